The van der Waals surface area contributed by atoms with Gasteiger partial charge in [0.05, 0.1) is 28.9 Å². The molecule has 9 heteroatoms. The van der Waals surface area contributed by atoms with Crippen molar-refractivity contribution in [3.05, 3.63) is 82.4 Å². The number of aromatic nitrogens is 1. The van der Waals surface area contributed by atoms with Crippen LogP contribution in [0.15, 0.2) is 60.2 Å². The number of ketones is 1. The van der Waals surface area contributed by atoms with Gasteiger partial charge in [-0.15, -0.1) is 0 Å². The van der Waals surface area contributed by atoms with Crippen LogP contribution in [0.25, 0.3) is 16.0 Å². The van der Waals surface area contributed by atoms with E-state index >= 15 is 0 Å². The third-order valence-corrected chi connectivity index (χ3v) is 7.89. The van der Waals surface area contributed by atoms with Crippen molar-refractivity contribution in [3.8, 4) is 17.2 Å². The number of hydrogen-bond acceptors (Lipinski definition) is 8. The highest BCUT2D eigenvalue weighted by Gasteiger charge is 2.48. The molecule has 2 aliphatic heterocycles. The molecule has 4 aromatic rings. The van der Waals surface area contributed by atoms with E-state index in [9.17, 15) is 19.8 Å². The van der Waals surface area contributed by atoms with Crippen LogP contribution in [-0.4, -0.2) is 40.1 Å². The Morgan fingerprint density at radius 2 is 1.95 bits per heavy atom. The molecule has 0 unspecified atom stereocenters. The van der Waals surface area contributed by atoms with Gasteiger partial charge in [-0.1, -0.05) is 23.5 Å². The summed E-state index contributed by atoms with van der Waals surface area (Å²) in [4.78, 5) is 33.0. The summed E-state index contributed by atoms with van der Waals surface area (Å²) in [6.07, 6.45) is 0.689. The standard InChI is InChI=1S/C29H24N2O6S/c1-14-4-7-19-23(10-14)38-29(30-19)31-25(16-5-8-20(32)22(13-16)36-3)24(27(34)28(31)35)26(33)17-6-9-21-18(12-17)11-15(2)37-21/h4-10,12-13,15,25,32-33H,11H2,1-3H3/t15-,25+/m1/s1. The molecule has 0 spiro atoms. The van der Waals surface area contributed by atoms with Gasteiger partial charge in [0.2, 0.25) is 0 Å². The van der Waals surface area contributed by atoms with Crippen LogP contribution in [0.4, 0.5) is 5.13 Å². The van der Waals surface area contributed by atoms with Crippen molar-refractivity contribution in [2.24, 2.45) is 0 Å². The molecule has 192 valence electrons. The Morgan fingerprint density at radius 1 is 1.13 bits per heavy atom. The number of aliphatic hydroxyl groups excluding tert-OH is 1. The Hall–Kier alpha value is -4.37. The number of anilines is 1. The molecular weight excluding hydrogens is 504 g/mol. The molecule has 1 saturated heterocycles. The Labute approximate surface area is 222 Å². The number of phenols is 1. The summed E-state index contributed by atoms with van der Waals surface area (Å²) >= 11 is 1.29. The molecule has 0 bridgehead atoms. The van der Waals surface area contributed by atoms with Crippen molar-refractivity contribution in [1.29, 1.82) is 0 Å². The number of hydrogen-bond donors (Lipinski definition) is 2. The second-order valence-electron chi connectivity index (χ2n) is 9.52. The van der Waals surface area contributed by atoms with Gasteiger partial charge in [0.15, 0.2) is 16.6 Å². The van der Waals surface area contributed by atoms with Crippen LogP contribution >= 0.6 is 11.3 Å². The van der Waals surface area contributed by atoms with E-state index in [4.69, 9.17) is 9.47 Å². The van der Waals surface area contributed by atoms with Gasteiger partial charge in [-0.25, -0.2) is 4.98 Å². The number of ether oxygens (including phenoxy) is 2. The van der Waals surface area contributed by atoms with Crippen LogP contribution < -0.4 is 14.4 Å². The summed E-state index contributed by atoms with van der Waals surface area (Å²) in [7, 11) is 1.42. The third-order valence-electron chi connectivity index (χ3n) is 6.87. The van der Waals surface area contributed by atoms with Crippen molar-refractivity contribution < 1.29 is 29.3 Å². The average molecular weight is 529 g/mol. The number of aliphatic hydroxyl groups is 1. The zero-order valence-electron chi connectivity index (χ0n) is 20.9. The van der Waals surface area contributed by atoms with Crippen LogP contribution in [0.5, 0.6) is 17.2 Å². The number of nitrogens with zero attached hydrogens (tertiary/aromatic N) is 2. The lowest BCUT2D eigenvalue weighted by Gasteiger charge is -2.23. The number of methoxy groups -OCH3 is 1. The van der Waals surface area contributed by atoms with E-state index in [2.05, 4.69) is 4.98 Å². The number of rotatable bonds is 4. The molecule has 1 aromatic heterocycles. The predicted octanol–water partition coefficient (Wildman–Crippen LogP) is 5.27. The third kappa shape index (κ3) is 3.78. The zero-order valence-corrected chi connectivity index (χ0v) is 21.7. The first kappa shape index (κ1) is 24.0. The lowest BCUT2D eigenvalue weighted by Crippen LogP contribution is -2.29. The molecule has 8 nitrogen and oxygen atoms in total. The van der Waals surface area contributed by atoms with E-state index in [-0.39, 0.29) is 28.9 Å². The Kier molecular flexibility index (Phi) is 5.61. The van der Waals surface area contributed by atoms with Crippen LogP contribution in [0.1, 0.15) is 35.2 Å². The Bertz CT molecular complexity index is 1670. The van der Waals surface area contributed by atoms with E-state index in [1.807, 2.05) is 32.0 Å². The minimum Gasteiger partial charge on any atom is -0.507 e. The lowest BCUT2D eigenvalue weighted by atomic mass is 9.94. The van der Waals surface area contributed by atoms with E-state index in [0.717, 1.165) is 21.6 Å². The number of fused-ring (bicyclic) bond motifs is 2. The molecule has 1 fully saturated rings. The zero-order chi connectivity index (χ0) is 26.7. The molecule has 1 amide bonds. The van der Waals surface area contributed by atoms with Gasteiger partial charge in [-0.2, -0.15) is 0 Å². The molecule has 2 N–H and O–H groups in total. The fraction of sp³-hybridized carbons (Fsp3) is 0.207. The minimum absolute atomic E-state index is 0.0140. The largest absolute Gasteiger partial charge is 0.507 e. The summed E-state index contributed by atoms with van der Waals surface area (Å²) in [6.45, 7) is 3.93. The predicted molar refractivity (Wildman–Crippen MR) is 144 cm³/mol. The number of Topliss-reactive ketones (excluding diaryl/α,β-unsaturated/α-hetero) is 1. The molecule has 3 heterocycles. The fourth-order valence-corrected chi connectivity index (χ4v) is 6.15. The van der Waals surface area contributed by atoms with Crippen molar-refractivity contribution >= 4 is 44.1 Å². The first-order valence-corrected chi connectivity index (χ1v) is 12.9. The molecule has 38 heavy (non-hydrogen) atoms. The highest BCUT2D eigenvalue weighted by Crippen LogP contribution is 2.46. The second-order valence-corrected chi connectivity index (χ2v) is 10.5. The molecule has 0 aliphatic carbocycles. The number of aryl methyl sites for hydroxylation is 1. The number of aromatic hydroxyl groups is 1. The van der Waals surface area contributed by atoms with Crippen LogP contribution in [0, 0.1) is 6.92 Å². The Morgan fingerprint density at radius 3 is 2.74 bits per heavy atom. The quantitative estimate of drug-likeness (QED) is 0.211. The highest BCUT2D eigenvalue weighted by molar-refractivity contribution is 7.22. The maximum Gasteiger partial charge on any atom is 0.301 e. The molecule has 6 rings (SSSR count). The van der Waals surface area contributed by atoms with Gasteiger partial charge in [0, 0.05) is 12.0 Å². The van der Waals surface area contributed by atoms with Gasteiger partial charge >= 0.3 is 5.91 Å². The molecule has 0 saturated carbocycles. The van der Waals surface area contributed by atoms with E-state index in [1.54, 1.807) is 30.3 Å². The van der Waals surface area contributed by atoms with Gasteiger partial charge < -0.3 is 19.7 Å². The van der Waals surface area contributed by atoms with Gasteiger partial charge in [-0.3, -0.25) is 14.5 Å². The first-order chi connectivity index (χ1) is 18.2. The maximum atomic E-state index is 13.5. The summed E-state index contributed by atoms with van der Waals surface area (Å²) in [5, 5.41) is 22.0. The first-order valence-electron chi connectivity index (χ1n) is 12.1. The summed E-state index contributed by atoms with van der Waals surface area (Å²) in [5.41, 5.74) is 3.49. The number of amides is 1. The molecule has 0 radical (unpaired) electrons. The number of carbonyl (C=O) groups is 2. The van der Waals surface area contributed by atoms with Gasteiger partial charge in [0.25, 0.3) is 5.78 Å². The second kappa shape index (κ2) is 8.88. The lowest BCUT2D eigenvalue weighted by molar-refractivity contribution is -0.132. The minimum atomic E-state index is -0.991. The van der Waals surface area contributed by atoms with Crippen LogP contribution in [0.3, 0.4) is 0 Å². The average Bonchev–Trinajstić information content (AvgIpc) is 3.56. The summed E-state index contributed by atoms with van der Waals surface area (Å²) in [6, 6.07) is 14.6. The SMILES string of the molecule is COc1cc([C@H]2C(=C(O)c3ccc4c(c3)C[C@@H](C)O4)C(=O)C(=O)N2c2nc3ccc(C)cc3s2)ccc1O. The van der Waals surface area contributed by atoms with E-state index in [1.165, 1.54) is 29.4 Å². The monoisotopic (exact) mass is 528 g/mol. The topological polar surface area (TPSA) is 109 Å². The number of carbonyl (C=O) groups excluding carboxylic acids is 2. The van der Waals surface area contributed by atoms with Crippen molar-refractivity contribution in [3.63, 3.8) is 0 Å². The molecule has 2 aliphatic rings. The summed E-state index contributed by atoms with van der Waals surface area (Å²) < 4.78 is 11.9. The van der Waals surface area contributed by atoms with Crippen molar-refractivity contribution in [2.45, 2.75) is 32.4 Å². The Balaban J connectivity index is 1.55. The van der Waals surface area contributed by atoms with Crippen LogP contribution in [0.2, 0.25) is 0 Å². The van der Waals surface area contributed by atoms with Crippen LogP contribution in [-0.2, 0) is 16.0 Å². The highest BCUT2D eigenvalue weighted by atomic mass is 32.1. The molecule has 2 atom stereocenters. The number of benzene rings is 3. The number of thiazole rings is 1. The van der Waals surface area contributed by atoms with Gasteiger partial charge in [0.1, 0.15) is 17.6 Å². The fourth-order valence-electron chi connectivity index (χ4n) is 5.06. The maximum absolute atomic E-state index is 13.5. The van der Waals surface area contributed by atoms with Crippen molar-refractivity contribution in [2.75, 3.05) is 12.0 Å². The molecule has 3 aromatic carbocycles. The smallest absolute Gasteiger partial charge is 0.301 e. The van der Waals surface area contributed by atoms with Gasteiger partial charge in [-0.05, 0) is 73.0 Å². The number of phenolic OH excluding ortho intramolecular Hbond substituents is 1. The normalized spacial score (nSPS) is 20.1. The summed E-state index contributed by atoms with van der Waals surface area (Å²) in [5.74, 6) is -1.08. The van der Waals surface area contributed by atoms with Crippen molar-refractivity contribution in [1.82, 2.24) is 4.98 Å². The van der Waals surface area contributed by atoms with E-state index < -0.39 is 17.7 Å². The van der Waals surface area contributed by atoms with E-state index in [0.29, 0.717) is 28.2 Å². The molecular formula is C29H24N2O6S.